The summed E-state index contributed by atoms with van der Waals surface area (Å²) >= 11 is 5.99. The lowest BCUT2D eigenvalue weighted by Gasteiger charge is -2.33. The molecule has 0 N–H and O–H groups in total. The first-order valence-electron chi connectivity index (χ1n) is 9.38. The Kier molecular flexibility index (Phi) is 6.62. The molecule has 1 amide bonds. The first kappa shape index (κ1) is 20.7. The van der Waals surface area contributed by atoms with E-state index in [0.717, 1.165) is 29.8 Å². The van der Waals surface area contributed by atoms with E-state index < -0.39 is 10.0 Å². The molecule has 3 rings (SSSR count). The van der Waals surface area contributed by atoms with Crippen molar-refractivity contribution in [3.63, 3.8) is 0 Å². The van der Waals surface area contributed by atoms with Gasteiger partial charge in [-0.05, 0) is 48.9 Å². The summed E-state index contributed by atoms with van der Waals surface area (Å²) in [5.74, 6) is 0.369. The number of hydrogen-bond acceptors (Lipinski definition) is 3. The molecule has 0 aromatic heterocycles. The van der Waals surface area contributed by atoms with Crippen LogP contribution in [0.4, 0.5) is 5.69 Å². The summed E-state index contributed by atoms with van der Waals surface area (Å²) in [6, 6.07) is 16.9. The van der Waals surface area contributed by atoms with Gasteiger partial charge >= 0.3 is 0 Å². The normalized spacial score (nSPS) is 15.4. The maximum atomic E-state index is 12.8. The van der Waals surface area contributed by atoms with Crippen molar-refractivity contribution in [1.82, 2.24) is 4.90 Å². The molecule has 0 bridgehead atoms. The van der Waals surface area contributed by atoms with Crippen molar-refractivity contribution < 1.29 is 13.2 Å². The molecule has 0 saturated carbocycles. The number of nitrogens with zero attached hydrogens (tertiary/aromatic N) is 2. The Hall–Kier alpha value is -2.05. The number of carbonyl (C=O) groups is 1. The standard InChI is InChI=1S/C21H25ClN2O3S/c1-28(26,27)24(20-9-5-8-19(22)15-20)16-21(25)23-12-10-18(11-13-23)14-17-6-3-2-4-7-17/h2-9,15,18H,10-14,16H2,1H3. The molecule has 1 aliphatic heterocycles. The zero-order valence-electron chi connectivity index (χ0n) is 15.9. The largest absolute Gasteiger partial charge is 0.341 e. The van der Waals surface area contributed by atoms with Gasteiger partial charge in [-0.1, -0.05) is 48.0 Å². The van der Waals surface area contributed by atoms with Crippen LogP contribution in [0.1, 0.15) is 18.4 Å². The Morgan fingerprint density at radius 2 is 1.79 bits per heavy atom. The van der Waals surface area contributed by atoms with E-state index in [1.807, 2.05) is 18.2 Å². The highest BCUT2D eigenvalue weighted by Gasteiger charge is 2.27. The molecular weight excluding hydrogens is 396 g/mol. The van der Waals surface area contributed by atoms with E-state index in [4.69, 9.17) is 11.6 Å². The average molecular weight is 421 g/mol. The molecular formula is C21H25ClN2O3S. The van der Waals surface area contributed by atoms with Gasteiger partial charge in [0.15, 0.2) is 0 Å². The Morgan fingerprint density at radius 3 is 2.39 bits per heavy atom. The van der Waals surface area contributed by atoms with Crippen molar-refractivity contribution in [2.75, 3.05) is 30.2 Å². The van der Waals surface area contributed by atoms with Gasteiger partial charge in [0.05, 0.1) is 11.9 Å². The Balaban J connectivity index is 1.61. The topological polar surface area (TPSA) is 57.7 Å². The molecule has 0 unspecified atom stereocenters. The Bertz CT molecular complexity index is 910. The van der Waals surface area contributed by atoms with E-state index in [0.29, 0.717) is 29.7 Å². The molecule has 150 valence electrons. The van der Waals surface area contributed by atoms with Gasteiger partial charge in [-0.25, -0.2) is 8.42 Å². The molecule has 0 atom stereocenters. The number of piperidine rings is 1. The van der Waals surface area contributed by atoms with Crippen LogP contribution in [0.2, 0.25) is 5.02 Å². The van der Waals surface area contributed by atoms with Crippen LogP contribution in [-0.2, 0) is 21.2 Å². The minimum atomic E-state index is -3.59. The SMILES string of the molecule is CS(=O)(=O)N(CC(=O)N1CCC(Cc2ccccc2)CC1)c1cccc(Cl)c1. The number of sulfonamides is 1. The third-order valence-electron chi connectivity index (χ3n) is 5.11. The first-order chi connectivity index (χ1) is 13.3. The minimum Gasteiger partial charge on any atom is -0.341 e. The lowest BCUT2D eigenvalue weighted by molar-refractivity contribution is -0.130. The van der Waals surface area contributed by atoms with Gasteiger partial charge in [-0.2, -0.15) is 0 Å². The molecule has 5 nitrogen and oxygen atoms in total. The molecule has 0 spiro atoms. The fourth-order valence-corrected chi connectivity index (χ4v) is 4.61. The summed E-state index contributed by atoms with van der Waals surface area (Å²) in [4.78, 5) is 14.5. The Morgan fingerprint density at radius 1 is 1.11 bits per heavy atom. The highest BCUT2D eigenvalue weighted by molar-refractivity contribution is 7.92. The number of likely N-dealkylation sites (tertiary alicyclic amines) is 1. The van der Waals surface area contributed by atoms with Gasteiger partial charge in [0.25, 0.3) is 0 Å². The predicted octanol–water partition coefficient (Wildman–Crippen LogP) is 3.59. The summed E-state index contributed by atoms with van der Waals surface area (Å²) in [6.07, 6.45) is 3.97. The summed E-state index contributed by atoms with van der Waals surface area (Å²) < 4.78 is 25.6. The summed E-state index contributed by atoms with van der Waals surface area (Å²) in [6.45, 7) is 1.11. The summed E-state index contributed by atoms with van der Waals surface area (Å²) in [5, 5.41) is 0.431. The average Bonchev–Trinajstić information content (AvgIpc) is 2.66. The van der Waals surface area contributed by atoms with Crippen LogP contribution in [-0.4, -0.2) is 45.1 Å². The van der Waals surface area contributed by atoms with E-state index in [9.17, 15) is 13.2 Å². The predicted molar refractivity (Wildman–Crippen MR) is 113 cm³/mol. The number of anilines is 1. The van der Waals surface area contributed by atoms with Crippen LogP contribution in [0, 0.1) is 5.92 Å². The number of amides is 1. The lowest BCUT2D eigenvalue weighted by atomic mass is 9.90. The van der Waals surface area contributed by atoms with E-state index in [2.05, 4.69) is 12.1 Å². The maximum Gasteiger partial charge on any atom is 0.243 e. The number of benzene rings is 2. The van der Waals surface area contributed by atoms with Gasteiger partial charge in [-0.3, -0.25) is 9.10 Å². The molecule has 1 heterocycles. The van der Waals surface area contributed by atoms with Crippen molar-refractivity contribution in [2.45, 2.75) is 19.3 Å². The summed E-state index contributed by atoms with van der Waals surface area (Å²) in [7, 11) is -3.59. The zero-order chi connectivity index (χ0) is 20.1. The van der Waals surface area contributed by atoms with E-state index in [1.165, 1.54) is 5.56 Å². The monoisotopic (exact) mass is 420 g/mol. The fourth-order valence-electron chi connectivity index (χ4n) is 3.59. The molecule has 1 aliphatic rings. The first-order valence-corrected chi connectivity index (χ1v) is 11.6. The van der Waals surface area contributed by atoms with Crippen molar-refractivity contribution in [3.05, 3.63) is 65.2 Å². The molecule has 7 heteroatoms. The van der Waals surface area contributed by atoms with Crippen LogP contribution in [0.25, 0.3) is 0 Å². The molecule has 1 saturated heterocycles. The van der Waals surface area contributed by atoms with E-state index in [1.54, 1.807) is 29.2 Å². The highest BCUT2D eigenvalue weighted by atomic mass is 35.5. The van der Waals surface area contributed by atoms with Gasteiger partial charge in [0.2, 0.25) is 15.9 Å². The zero-order valence-corrected chi connectivity index (χ0v) is 17.5. The van der Waals surface area contributed by atoms with Gasteiger partial charge in [0.1, 0.15) is 6.54 Å². The van der Waals surface area contributed by atoms with E-state index in [-0.39, 0.29) is 12.5 Å². The maximum absolute atomic E-state index is 12.8. The van der Waals surface area contributed by atoms with Gasteiger partial charge in [0, 0.05) is 18.1 Å². The van der Waals surface area contributed by atoms with Crippen LogP contribution in [0.5, 0.6) is 0 Å². The number of halogens is 1. The third kappa shape index (κ3) is 5.49. The molecule has 28 heavy (non-hydrogen) atoms. The molecule has 2 aromatic carbocycles. The number of carbonyl (C=O) groups excluding carboxylic acids is 1. The molecule has 0 radical (unpaired) electrons. The van der Waals surface area contributed by atoms with Gasteiger partial charge in [-0.15, -0.1) is 0 Å². The lowest BCUT2D eigenvalue weighted by Crippen LogP contribution is -2.45. The third-order valence-corrected chi connectivity index (χ3v) is 6.49. The van der Waals surface area contributed by atoms with Crippen molar-refractivity contribution >= 4 is 33.2 Å². The van der Waals surface area contributed by atoms with E-state index >= 15 is 0 Å². The summed E-state index contributed by atoms with van der Waals surface area (Å²) in [5.41, 5.74) is 1.72. The van der Waals surface area contributed by atoms with Crippen LogP contribution in [0.15, 0.2) is 54.6 Å². The smallest absolute Gasteiger partial charge is 0.243 e. The second-order valence-electron chi connectivity index (χ2n) is 7.26. The van der Waals surface area contributed by atoms with Crippen molar-refractivity contribution in [3.8, 4) is 0 Å². The van der Waals surface area contributed by atoms with Crippen LogP contribution >= 0.6 is 11.6 Å². The molecule has 0 aliphatic carbocycles. The highest BCUT2D eigenvalue weighted by Crippen LogP contribution is 2.24. The second-order valence-corrected chi connectivity index (χ2v) is 9.61. The Labute approximate surface area is 172 Å². The van der Waals surface area contributed by atoms with Crippen molar-refractivity contribution in [1.29, 1.82) is 0 Å². The minimum absolute atomic E-state index is 0.177. The molecule has 1 fully saturated rings. The van der Waals surface area contributed by atoms with Gasteiger partial charge < -0.3 is 4.90 Å². The second kappa shape index (κ2) is 8.97. The van der Waals surface area contributed by atoms with Crippen LogP contribution in [0.3, 0.4) is 0 Å². The van der Waals surface area contributed by atoms with Crippen molar-refractivity contribution in [2.24, 2.45) is 5.92 Å². The number of rotatable bonds is 6. The van der Waals surface area contributed by atoms with Crippen LogP contribution < -0.4 is 4.31 Å². The quantitative estimate of drug-likeness (QED) is 0.717. The number of hydrogen-bond donors (Lipinski definition) is 0. The molecule has 2 aromatic rings. The fraction of sp³-hybridized carbons (Fsp3) is 0.381.